The number of aryl methyl sites for hydroxylation is 2. The van der Waals surface area contributed by atoms with Gasteiger partial charge in [-0.05, 0) is 13.0 Å². The molecule has 8 heteroatoms. The first-order chi connectivity index (χ1) is 8.08. The van der Waals surface area contributed by atoms with Gasteiger partial charge in [0.25, 0.3) is 0 Å². The average molecular weight is 285 g/mol. The maximum atomic E-state index is 10.7. The number of hydrogen-bond acceptors (Lipinski definition) is 3. The first kappa shape index (κ1) is 16.9. The molecule has 0 aliphatic heterocycles. The van der Waals surface area contributed by atoms with Crippen molar-refractivity contribution in [3.8, 4) is 0 Å². The lowest BCUT2D eigenvalue weighted by molar-refractivity contribution is -0.697. The minimum Gasteiger partial charge on any atom is -0.741 e. The summed E-state index contributed by atoms with van der Waals surface area (Å²) in [4.78, 5) is 0. The van der Waals surface area contributed by atoms with Crippen molar-refractivity contribution in [3.05, 3.63) is 30.1 Å². The Labute approximate surface area is 104 Å². The molecule has 1 rings (SSSR count). The molecule has 0 amide bonds. The Morgan fingerprint density at radius 1 is 1.39 bits per heavy atom. The molecule has 0 spiro atoms. The van der Waals surface area contributed by atoms with Gasteiger partial charge in [-0.3, -0.25) is 0 Å². The number of hydrogen-bond donors (Lipinski definition) is 0. The maximum absolute atomic E-state index is 10.7. The molecule has 0 N–H and O–H groups in total. The smallest absolute Gasteiger partial charge is 0.485 e. The van der Waals surface area contributed by atoms with Crippen molar-refractivity contribution in [2.24, 2.45) is 0 Å². The molecular formula is C10H14F3NO3S. The summed E-state index contributed by atoms with van der Waals surface area (Å²) in [5, 5.41) is 0. The summed E-state index contributed by atoms with van der Waals surface area (Å²) in [6.07, 6.45) is 5.48. The molecule has 1 heterocycles. The van der Waals surface area contributed by atoms with Crippen molar-refractivity contribution >= 4 is 10.1 Å². The van der Waals surface area contributed by atoms with Crippen LogP contribution in [0.15, 0.2) is 24.5 Å². The van der Waals surface area contributed by atoms with Gasteiger partial charge >= 0.3 is 5.51 Å². The zero-order valence-corrected chi connectivity index (χ0v) is 10.8. The second-order valence-corrected chi connectivity index (χ2v) is 4.89. The predicted molar refractivity (Wildman–Crippen MR) is 57.4 cm³/mol. The van der Waals surface area contributed by atoms with Crippen molar-refractivity contribution in [1.29, 1.82) is 0 Å². The van der Waals surface area contributed by atoms with E-state index in [2.05, 4.69) is 42.9 Å². The van der Waals surface area contributed by atoms with Gasteiger partial charge in [0.2, 0.25) is 0 Å². The average Bonchev–Trinajstić information content (AvgIpc) is 2.15. The van der Waals surface area contributed by atoms with Crippen molar-refractivity contribution in [3.63, 3.8) is 0 Å². The normalized spacial score (nSPS) is 11.7. The molecule has 0 aromatic carbocycles. The van der Waals surface area contributed by atoms with Crippen LogP contribution in [0.5, 0.6) is 0 Å². The van der Waals surface area contributed by atoms with E-state index in [9.17, 15) is 13.2 Å². The van der Waals surface area contributed by atoms with Gasteiger partial charge in [-0.15, -0.1) is 0 Å². The van der Waals surface area contributed by atoms with E-state index >= 15 is 0 Å². The zero-order valence-electron chi connectivity index (χ0n) is 9.94. The first-order valence-electron chi connectivity index (χ1n) is 5.05. The predicted octanol–water partition coefficient (Wildman–Crippen LogP) is 1.74. The Morgan fingerprint density at radius 2 is 1.89 bits per heavy atom. The number of rotatable bonds is 2. The van der Waals surface area contributed by atoms with Gasteiger partial charge in [0, 0.05) is 18.1 Å². The van der Waals surface area contributed by atoms with Gasteiger partial charge in [0.05, 0.1) is 0 Å². The standard InChI is InChI=1S/C9H14N.CHF3O3S/c1-3-6-10-7-4-5-9(2)8-10;2-1(3,4)8(5,6)7/h4-5,7-8H,3,6H2,1-2H3;(H,5,6,7)/q+1;/p-1. The highest BCUT2D eigenvalue weighted by molar-refractivity contribution is 7.86. The van der Waals surface area contributed by atoms with Crippen LogP contribution in [0, 0.1) is 6.92 Å². The van der Waals surface area contributed by atoms with Gasteiger partial charge < -0.3 is 4.55 Å². The molecule has 0 bridgehead atoms. The van der Waals surface area contributed by atoms with E-state index in [-0.39, 0.29) is 0 Å². The van der Waals surface area contributed by atoms with Crippen LogP contribution in [0.25, 0.3) is 0 Å². The van der Waals surface area contributed by atoms with Gasteiger partial charge in [-0.1, -0.05) is 6.92 Å². The van der Waals surface area contributed by atoms with Crippen molar-refractivity contribution in [2.45, 2.75) is 32.3 Å². The van der Waals surface area contributed by atoms with Crippen LogP contribution in [0.2, 0.25) is 0 Å². The van der Waals surface area contributed by atoms with Gasteiger partial charge in [0.15, 0.2) is 22.5 Å². The van der Waals surface area contributed by atoms with Crippen LogP contribution >= 0.6 is 0 Å². The third-order valence-electron chi connectivity index (χ3n) is 1.77. The van der Waals surface area contributed by atoms with E-state index in [1.54, 1.807) is 0 Å². The molecular weight excluding hydrogens is 271 g/mol. The SMILES string of the molecule is CCC[n+]1cccc(C)c1.O=S(=O)([O-])C(F)(F)F. The second kappa shape index (κ2) is 6.69. The fourth-order valence-corrected chi connectivity index (χ4v) is 1.05. The fraction of sp³-hybridized carbons (Fsp3) is 0.500. The number of halogens is 3. The van der Waals surface area contributed by atoms with E-state index in [1.165, 1.54) is 12.0 Å². The fourth-order valence-electron chi connectivity index (χ4n) is 1.05. The Bertz CT molecular complexity index is 472. The van der Waals surface area contributed by atoms with Gasteiger partial charge in [0.1, 0.15) is 6.54 Å². The van der Waals surface area contributed by atoms with Crippen LogP contribution in [0.1, 0.15) is 18.9 Å². The summed E-state index contributed by atoms with van der Waals surface area (Å²) < 4.78 is 61.1. The quantitative estimate of drug-likeness (QED) is 0.472. The summed E-state index contributed by atoms with van der Waals surface area (Å²) in [6.45, 7) is 5.43. The molecule has 0 saturated heterocycles. The minimum atomic E-state index is -6.09. The molecule has 0 aliphatic carbocycles. The highest BCUT2D eigenvalue weighted by Gasteiger charge is 2.36. The van der Waals surface area contributed by atoms with Crippen LogP contribution in [0.4, 0.5) is 13.2 Å². The summed E-state index contributed by atoms with van der Waals surface area (Å²) in [7, 11) is -6.09. The van der Waals surface area contributed by atoms with E-state index < -0.39 is 15.6 Å². The minimum absolute atomic E-state index is 1.13. The first-order valence-corrected chi connectivity index (χ1v) is 6.46. The third-order valence-corrected chi connectivity index (χ3v) is 2.34. The van der Waals surface area contributed by atoms with Crippen molar-refractivity contribution < 1.29 is 30.7 Å². The van der Waals surface area contributed by atoms with Crippen LogP contribution in [-0.4, -0.2) is 18.5 Å². The molecule has 0 unspecified atom stereocenters. The summed E-state index contributed by atoms with van der Waals surface area (Å²) in [6, 6.07) is 4.21. The van der Waals surface area contributed by atoms with Crippen LogP contribution in [-0.2, 0) is 16.7 Å². The maximum Gasteiger partial charge on any atom is 0.485 e. The van der Waals surface area contributed by atoms with Crippen LogP contribution in [0.3, 0.4) is 0 Å². The molecule has 0 aliphatic rings. The van der Waals surface area contributed by atoms with E-state index in [0.717, 1.165) is 6.54 Å². The molecule has 0 fully saturated rings. The molecule has 1 aromatic heterocycles. The Balaban J connectivity index is 0.000000331. The lowest BCUT2D eigenvalue weighted by Crippen LogP contribution is -2.32. The number of alkyl halides is 3. The topological polar surface area (TPSA) is 61.1 Å². The van der Waals surface area contributed by atoms with Gasteiger partial charge in [-0.25, -0.2) is 13.0 Å². The molecule has 4 nitrogen and oxygen atoms in total. The molecule has 0 radical (unpaired) electrons. The zero-order chi connectivity index (χ0) is 14.4. The summed E-state index contributed by atoms with van der Waals surface area (Å²) in [5.41, 5.74) is -4.32. The highest BCUT2D eigenvalue weighted by Crippen LogP contribution is 2.20. The number of pyridine rings is 1. The van der Waals surface area contributed by atoms with E-state index in [0.29, 0.717) is 0 Å². The molecule has 1 aromatic rings. The van der Waals surface area contributed by atoms with Gasteiger partial charge in [-0.2, -0.15) is 13.2 Å². The second-order valence-electron chi connectivity index (χ2n) is 3.52. The van der Waals surface area contributed by atoms with Crippen molar-refractivity contribution in [2.75, 3.05) is 0 Å². The highest BCUT2D eigenvalue weighted by atomic mass is 32.2. The summed E-state index contributed by atoms with van der Waals surface area (Å²) >= 11 is 0. The molecule has 0 saturated carbocycles. The summed E-state index contributed by atoms with van der Waals surface area (Å²) in [5.74, 6) is 0. The lowest BCUT2D eigenvalue weighted by atomic mass is 10.3. The monoisotopic (exact) mass is 285 g/mol. The largest absolute Gasteiger partial charge is 0.741 e. The lowest BCUT2D eigenvalue weighted by Gasteiger charge is -2.08. The van der Waals surface area contributed by atoms with Crippen molar-refractivity contribution in [1.82, 2.24) is 0 Å². The number of aromatic nitrogens is 1. The Morgan fingerprint density at radius 3 is 2.22 bits per heavy atom. The third kappa shape index (κ3) is 6.55. The molecule has 104 valence electrons. The Hall–Kier alpha value is -1.15. The van der Waals surface area contributed by atoms with E-state index in [4.69, 9.17) is 13.0 Å². The van der Waals surface area contributed by atoms with Crippen LogP contribution < -0.4 is 4.57 Å². The van der Waals surface area contributed by atoms with E-state index in [1.807, 2.05) is 0 Å². The Kier molecular flexibility index (Phi) is 6.27. The molecule has 18 heavy (non-hydrogen) atoms. The number of nitrogens with zero attached hydrogens (tertiary/aromatic N) is 1. The molecule has 0 atom stereocenters.